The molecule has 0 bridgehead atoms. The minimum Gasteiger partial charge on any atom is -0.241 e. The van der Waals surface area contributed by atoms with Crippen LogP contribution in [0.15, 0.2) is 17.9 Å². The van der Waals surface area contributed by atoms with E-state index in [1.807, 2.05) is 27.0 Å². The second-order valence-corrected chi connectivity index (χ2v) is 2.88. The predicted octanol–water partition coefficient (Wildman–Crippen LogP) is 3.18. The van der Waals surface area contributed by atoms with Crippen LogP contribution >= 0.6 is 11.8 Å². The molecular formula is C10H16N2S. The van der Waals surface area contributed by atoms with Crippen molar-refractivity contribution in [1.29, 1.82) is 0 Å². The first kappa shape index (κ1) is 12.2. The molecule has 0 aromatic carbocycles. The van der Waals surface area contributed by atoms with Gasteiger partial charge in [-0.05, 0) is 13.2 Å². The number of aryl methyl sites for hydroxylation is 1. The summed E-state index contributed by atoms with van der Waals surface area (Å²) in [4.78, 5) is 8.17. The van der Waals surface area contributed by atoms with Crippen LogP contribution in [0.4, 0.5) is 0 Å². The Kier molecular flexibility index (Phi) is 6.24. The van der Waals surface area contributed by atoms with E-state index >= 15 is 0 Å². The van der Waals surface area contributed by atoms with Crippen LogP contribution in [0.5, 0.6) is 0 Å². The van der Waals surface area contributed by atoms with E-state index < -0.39 is 0 Å². The van der Waals surface area contributed by atoms with Gasteiger partial charge in [0.05, 0.1) is 0 Å². The van der Waals surface area contributed by atoms with Crippen molar-refractivity contribution in [2.75, 3.05) is 6.26 Å². The van der Waals surface area contributed by atoms with E-state index in [9.17, 15) is 0 Å². The van der Waals surface area contributed by atoms with Gasteiger partial charge in [0.25, 0.3) is 0 Å². The highest BCUT2D eigenvalue weighted by molar-refractivity contribution is 7.98. The van der Waals surface area contributed by atoms with Gasteiger partial charge in [-0.3, -0.25) is 0 Å². The molecule has 13 heavy (non-hydrogen) atoms. The standard InChI is InChI=1S/C8H10N2S.C2H6/c1-4-7-6(2)9-5-10-8(7)11-3;1-2/h4-5H,1H2,2-3H3;1-2H3. The van der Waals surface area contributed by atoms with E-state index in [1.54, 1.807) is 24.2 Å². The molecule has 0 amide bonds. The first-order chi connectivity index (χ1) is 6.29. The van der Waals surface area contributed by atoms with Gasteiger partial charge in [0.15, 0.2) is 0 Å². The maximum atomic E-state index is 4.11. The molecule has 72 valence electrons. The topological polar surface area (TPSA) is 25.8 Å². The van der Waals surface area contributed by atoms with Gasteiger partial charge in [-0.2, -0.15) is 0 Å². The van der Waals surface area contributed by atoms with Crippen molar-refractivity contribution >= 4 is 17.8 Å². The lowest BCUT2D eigenvalue weighted by molar-refractivity contribution is 0.997. The van der Waals surface area contributed by atoms with Crippen molar-refractivity contribution in [3.05, 3.63) is 24.2 Å². The highest BCUT2D eigenvalue weighted by Gasteiger charge is 2.01. The summed E-state index contributed by atoms with van der Waals surface area (Å²) in [5.41, 5.74) is 2.03. The Hall–Kier alpha value is -0.830. The van der Waals surface area contributed by atoms with Crippen LogP contribution in [0.2, 0.25) is 0 Å². The number of thioether (sulfide) groups is 1. The molecule has 1 heterocycles. The zero-order valence-corrected chi connectivity index (χ0v) is 9.48. The minimum atomic E-state index is 0.986. The van der Waals surface area contributed by atoms with E-state index in [0.717, 1.165) is 16.3 Å². The molecule has 0 unspecified atom stereocenters. The Labute approximate surface area is 84.5 Å². The lowest BCUT2D eigenvalue weighted by Crippen LogP contribution is -1.91. The Morgan fingerprint density at radius 3 is 2.38 bits per heavy atom. The average Bonchev–Trinajstić information content (AvgIpc) is 2.20. The SMILES string of the molecule is C=Cc1c(C)ncnc1SC.CC. The number of hydrogen-bond donors (Lipinski definition) is 0. The summed E-state index contributed by atoms with van der Waals surface area (Å²) in [7, 11) is 0. The predicted molar refractivity (Wildman–Crippen MR) is 60.0 cm³/mol. The summed E-state index contributed by atoms with van der Waals surface area (Å²) in [5.74, 6) is 0. The Bertz CT molecular complexity index is 272. The molecule has 1 aromatic rings. The van der Waals surface area contributed by atoms with E-state index in [2.05, 4.69) is 16.5 Å². The summed E-state index contributed by atoms with van der Waals surface area (Å²) in [5, 5.41) is 0.993. The lowest BCUT2D eigenvalue weighted by Gasteiger charge is -2.02. The number of hydrogen-bond acceptors (Lipinski definition) is 3. The van der Waals surface area contributed by atoms with E-state index in [0.29, 0.717) is 0 Å². The van der Waals surface area contributed by atoms with Crippen molar-refractivity contribution in [1.82, 2.24) is 9.97 Å². The molecule has 0 spiro atoms. The van der Waals surface area contributed by atoms with Crippen LogP contribution in [0.3, 0.4) is 0 Å². The quantitative estimate of drug-likeness (QED) is 0.536. The maximum absolute atomic E-state index is 4.11. The van der Waals surface area contributed by atoms with Crippen LogP contribution in [-0.4, -0.2) is 16.2 Å². The average molecular weight is 196 g/mol. The summed E-state index contributed by atoms with van der Waals surface area (Å²) < 4.78 is 0. The molecule has 0 aliphatic carbocycles. The molecule has 0 radical (unpaired) electrons. The molecule has 0 saturated carbocycles. The molecule has 0 aliphatic heterocycles. The molecule has 1 aromatic heterocycles. The van der Waals surface area contributed by atoms with E-state index in [1.165, 1.54) is 0 Å². The van der Waals surface area contributed by atoms with Gasteiger partial charge in [0.1, 0.15) is 11.4 Å². The largest absolute Gasteiger partial charge is 0.241 e. The Morgan fingerprint density at radius 1 is 1.38 bits per heavy atom. The van der Waals surface area contributed by atoms with Crippen LogP contribution in [0.25, 0.3) is 6.08 Å². The van der Waals surface area contributed by atoms with Crippen LogP contribution < -0.4 is 0 Å². The van der Waals surface area contributed by atoms with Gasteiger partial charge in [-0.15, -0.1) is 11.8 Å². The highest BCUT2D eigenvalue weighted by atomic mass is 32.2. The van der Waals surface area contributed by atoms with Crippen molar-refractivity contribution < 1.29 is 0 Å². The van der Waals surface area contributed by atoms with Crippen molar-refractivity contribution in [2.24, 2.45) is 0 Å². The van der Waals surface area contributed by atoms with Crippen molar-refractivity contribution in [3.63, 3.8) is 0 Å². The fourth-order valence-electron chi connectivity index (χ4n) is 0.859. The molecule has 0 atom stereocenters. The van der Waals surface area contributed by atoms with Gasteiger partial charge in [0.2, 0.25) is 0 Å². The molecule has 2 nitrogen and oxygen atoms in total. The fraction of sp³-hybridized carbons (Fsp3) is 0.400. The van der Waals surface area contributed by atoms with Crippen LogP contribution in [0.1, 0.15) is 25.1 Å². The van der Waals surface area contributed by atoms with E-state index in [4.69, 9.17) is 0 Å². The lowest BCUT2D eigenvalue weighted by atomic mass is 10.2. The van der Waals surface area contributed by atoms with Crippen molar-refractivity contribution in [3.8, 4) is 0 Å². The zero-order chi connectivity index (χ0) is 10.3. The smallest absolute Gasteiger partial charge is 0.117 e. The Balaban J connectivity index is 0.000000671. The third kappa shape index (κ3) is 3.19. The number of nitrogens with zero attached hydrogens (tertiary/aromatic N) is 2. The van der Waals surface area contributed by atoms with Gasteiger partial charge in [-0.1, -0.05) is 26.5 Å². The van der Waals surface area contributed by atoms with Gasteiger partial charge >= 0.3 is 0 Å². The van der Waals surface area contributed by atoms with Crippen LogP contribution in [0, 0.1) is 6.92 Å². The first-order valence-electron chi connectivity index (χ1n) is 4.27. The van der Waals surface area contributed by atoms with Gasteiger partial charge in [-0.25, -0.2) is 9.97 Å². The number of aromatic nitrogens is 2. The van der Waals surface area contributed by atoms with Gasteiger partial charge in [0, 0.05) is 11.3 Å². The van der Waals surface area contributed by atoms with E-state index in [-0.39, 0.29) is 0 Å². The summed E-state index contributed by atoms with van der Waals surface area (Å²) in [6.45, 7) is 9.66. The zero-order valence-electron chi connectivity index (χ0n) is 8.66. The molecule has 0 fully saturated rings. The fourth-order valence-corrected chi connectivity index (χ4v) is 1.46. The van der Waals surface area contributed by atoms with Gasteiger partial charge < -0.3 is 0 Å². The minimum absolute atomic E-state index is 0.986. The monoisotopic (exact) mass is 196 g/mol. The van der Waals surface area contributed by atoms with Crippen LogP contribution in [-0.2, 0) is 0 Å². The Morgan fingerprint density at radius 2 is 2.00 bits per heavy atom. The molecule has 0 aliphatic rings. The molecule has 0 saturated heterocycles. The number of rotatable bonds is 2. The second-order valence-electron chi connectivity index (χ2n) is 2.09. The maximum Gasteiger partial charge on any atom is 0.117 e. The summed E-state index contributed by atoms with van der Waals surface area (Å²) in [6.07, 6.45) is 5.37. The summed E-state index contributed by atoms with van der Waals surface area (Å²) in [6, 6.07) is 0. The second kappa shape index (κ2) is 6.66. The first-order valence-corrected chi connectivity index (χ1v) is 5.50. The molecular weight excluding hydrogens is 180 g/mol. The third-order valence-electron chi connectivity index (χ3n) is 1.44. The normalized spacial score (nSPS) is 8.62. The van der Waals surface area contributed by atoms with Crippen molar-refractivity contribution in [2.45, 2.75) is 25.8 Å². The molecule has 0 N–H and O–H groups in total. The highest BCUT2D eigenvalue weighted by Crippen LogP contribution is 2.19. The summed E-state index contributed by atoms with van der Waals surface area (Å²) >= 11 is 1.61. The molecule has 3 heteroatoms. The molecule has 1 rings (SSSR count). The third-order valence-corrected chi connectivity index (χ3v) is 2.16.